The lowest BCUT2D eigenvalue weighted by Gasteiger charge is -2.28. The van der Waals surface area contributed by atoms with E-state index in [0.717, 1.165) is 109 Å². The van der Waals surface area contributed by atoms with Crippen LogP contribution in [0, 0.1) is 0 Å². The highest BCUT2D eigenvalue weighted by Gasteiger charge is 2.22. The third kappa shape index (κ3) is 67.5. The molecule has 0 N–H and O–H groups in total. The molecule has 2 atom stereocenters. The Hall–Kier alpha value is -3.59. The third-order valence-electron chi connectivity index (χ3n) is 14.5. The van der Waals surface area contributed by atoms with Crippen LogP contribution in [-0.2, 0) is 32.7 Å². The molecular formula is C74H128NO8P. The molecule has 0 aliphatic rings. The van der Waals surface area contributed by atoms with E-state index in [4.69, 9.17) is 18.5 Å². The van der Waals surface area contributed by atoms with Crippen molar-refractivity contribution in [2.75, 3.05) is 47.5 Å². The first kappa shape index (κ1) is 80.4. The zero-order valence-electron chi connectivity index (χ0n) is 54.8. The number of nitrogens with zero attached hydrogens (tertiary/aromatic N) is 1. The third-order valence-corrected chi connectivity index (χ3v) is 15.4. The summed E-state index contributed by atoms with van der Waals surface area (Å²) in [5, 5.41) is 0. The van der Waals surface area contributed by atoms with Gasteiger partial charge < -0.3 is 27.9 Å². The van der Waals surface area contributed by atoms with E-state index in [0.29, 0.717) is 17.4 Å². The first-order valence-electron chi connectivity index (χ1n) is 34.2. The molecule has 84 heavy (non-hydrogen) atoms. The molecule has 2 unspecified atom stereocenters. The fourth-order valence-corrected chi connectivity index (χ4v) is 9.96. The van der Waals surface area contributed by atoms with E-state index in [9.17, 15) is 19.0 Å². The number of rotatable bonds is 62. The first-order valence-corrected chi connectivity index (χ1v) is 35.7. The van der Waals surface area contributed by atoms with Gasteiger partial charge in [0.05, 0.1) is 27.7 Å². The molecule has 0 radical (unpaired) electrons. The summed E-state index contributed by atoms with van der Waals surface area (Å²) in [5.74, 6) is -0.855. The summed E-state index contributed by atoms with van der Waals surface area (Å²) >= 11 is 0. The summed E-state index contributed by atoms with van der Waals surface area (Å²) in [6, 6.07) is 0. The van der Waals surface area contributed by atoms with Crippen LogP contribution in [0.5, 0.6) is 0 Å². The van der Waals surface area contributed by atoms with Gasteiger partial charge in [-0.15, -0.1) is 0 Å². The molecule has 0 spiro atoms. The van der Waals surface area contributed by atoms with Gasteiger partial charge in [-0.05, 0) is 109 Å². The monoisotopic (exact) mass is 1190 g/mol. The van der Waals surface area contributed by atoms with Crippen molar-refractivity contribution in [3.63, 3.8) is 0 Å². The first-order chi connectivity index (χ1) is 41.0. The Kier molecular flexibility index (Phi) is 61.2. The second-order valence-electron chi connectivity index (χ2n) is 23.8. The quantitative estimate of drug-likeness (QED) is 0.0195. The number of carbonyl (C=O) groups is 2. The van der Waals surface area contributed by atoms with E-state index in [1.165, 1.54) is 141 Å². The number of carbonyl (C=O) groups excluding carboxylic acids is 2. The van der Waals surface area contributed by atoms with Crippen molar-refractivity contribution < 1.29 is 42.1 Å². The Morgan fingerprint density at radius 3 is 1.02 bits per heavy atom. The number of phosphoric acid groups is 1. The van der Waals surface area contributed by atoms with E-state index in [2.05, 4.69) is 135 Å². The van der Waals surface area contributed by atoms with Gasteiger partial charge in [-0.1, -0.05) is 283 Å². The zero-order chi connectivity index (χ0) is 61.2. The van der Waals surface area contributed by atoms with Crippen LogP contribution in [0.3, 0.4) is 0 Å². The van der Waals surface area contributed by atoms with Crippen LogP contribution < -0.4 is 4.89 Å². The van der Waals surface area contributed by atoms with Crippen LogP contribution >= 0.6 is 7.82 Å². The summed E-state index contributed by atoms with van der Waals surface area (Å²) < 4.78 is 34.3. The van der Waals surface area contributed by atoms with Gasteiger partial charge in [0.25, 0.3) is 7.82 Å². The molecule has 0 rings (SSSR count). The number of likely N-dealkylation sites (N-methyl/N-ethyl adjacent to an activating group) is 1. The fraction of sp³-hybridized carbons (Fsp3) is 0.703. The Morgan fingerprint density at radius 1 is 0.381 bits per heavy atom. The maximum Gasteiger partial charge on any atom is 0.306 e. The van der Waals surface area contributed by atoms with Crippen molar-refractivity contribution in [2.45, 2.75) is 290 Å². The number of allylic oxidation sites excluding steroid dienone is 20. The minimum absolute atomic E-state index is 0.0403. The molecule has 0 aliphatic heterocycles. The van der Waals surface area contributed by atoms with Gasteiger partial charge in [-0.2, -0.15) is 0 Å². The fourth-order valence-electron chi connectivity index (χ4n) is 9.23. The van der Waals surface area contributed by atoms with Crippen molar-refractivity contribution in [1.29, 1.82) is 0 Å². The van der Waals surface area contributed by atoms with Gasteiger partial charge in [0.15, 0.2) is 6.10 Å². The lowest BCUT2D eigenvalue weighted by atomic mass is 10.0. The van der Waals surface area contributed by atoms with Gasteiger partial charge in [0.2, 0.25) is 0 Å². The number of quaternary nitrogens is 1. The highest BCUT2D eigenvalue weighted by molar-refractivity contribution is 7.45. The van der Waals surface area contributed by atoms with Crippen molar-refractivity contribution in [1.82, 2.24) is 0 Å². The average Bonchev–Trinajstić information content (AvgIpc) is 3.61. The molecule has 0 saturated carbocycles. The lowest BCUT2D eigenvalue weighted by molar-refractivity contribution is -0.870. The average molecular weight is 1190 g/mol. The van der Waals surface area contributed by atoms with Gasteiger partial charge >= 0.3 is 11.9 Å². The number of unbranched alkanes of at least 4 members (excludes halogenated alkanes) is 28. The number of ether oxygens (including phenoxy) is 2. The van der Waals surface area contributed by atoms with E-state index >= 15 is 0 Å². The van der Waals surface area contributed by atoms with E-state index < -0.39 is 26.5 Å². The molecule has 0 aromatic carbocycles. The van der Waals surface area contributed by atoms with Crippen LogP contribution in [-0.4, -0.2) is 70.0 Å². The summed E-state index contributed by atoms with van der Waals surface area (Å²) in [7, 11) is 1.14. The molecule has 482 valence electrons. The second kappa shape index (κ2) is 63.9. The van der Waals surface area contributed by atoms with Crippen LogP contribution in [0.4, 0.5) is 0 Å². The SMILES string of the molecule is CC/C=C\C/C=C\C/C=C\C/C=C\C/C=C\C/C=C\C/C=C\C/C=C\C/C=C\CCCCCCCC(=O)OC(COC(=O)CCCCCCCCCCCCCCCCC/C=C\CCCCCCCCCC)COP(=O)([O-])OCC[N+](C)(C)C. The largest absolute Gasteiger partial charge is 0.756 e. The molecule has 0 aromatic heterocycles. The molecule has 0 aromatic rings. The maximum atomic E-state index is 12.9. The Bertz CT molecular complexity index is 1830. The highest BCUT2D eigenvalue weighted by atomic mass is 31.2. The molecule has 0 saturated heterocycles. The molecule has 10 heteroatoms. The normalized spacial score (nSPS) is 13.9. The summed E-state index contributed by atoms with van der Waals surface area (Å²) in [4.78, 5) is 38.0. The summed E-state index contributed by atoms with van der Waals surface area (Å²) in [5.41, 5.74) is 0. The predicted molar refractivity (Wildman–Crippen MR) is 360 cm³/mol. The van der Waals surface area contributed by atoms with Crippen molar-refractivity contribution in [3.8, 4) is 0 Å². The van der Waals surface area contributed by atoms with E-state index in [1.807, 2.05) is 21.1 Å². The predicted octanol–water partition coefficient (Wildman–Crippen LogP) is 21.6. The Morgan fingerprint density at radius 2 is 0.679 bits per heavy atom. The minimum atomic E-state index is -4.65. The number of esters is 2. The minimum Gasteiger partial charge on any atom is -0.756 e. The molecule has 0 amide bonds. The van der Waals surface area contributed by atoms with Crippen LogP contribution in [0.2, 0.25) is 0 Å². The second-order valence-corrected chi connectivity index (χ2v) is 25.2. The van der Waals surface area contributed by atoms with Gasteiger partial charge in [-0.3, -0.25) is 14.2 Å². The molecule has 9 nitrogen and oxygen atoms in total. The summed E-state index contributed by atoms with van der Waals surface area (Å²) in [6.07, 6.45) is 91.3. The smallest absolute Gasteiger partial charge is 0.306 e. The van der Waals surface area contributed by atoms with Gasteiger partial charge in [-0.25, -0.2) is 0 Å². The maximum absolute atomic E-state index is 12.9. The number of phosphoric ester groups is 1. The van der Waals surface area contributed by atoms with E-state index in [1.54, 1.807) is 0 Å². The topological polar surface area (TPSA) is 111 Å². The molecular weight excluding hydrogens is 1060 g/mol. The van der Waals surface area contributed by atoms with Gasteiger partial charge in [0.1, 0.15) is 19.8 Å². The Labute approximate surface area is 518 Å². The van der Waals surface area contributed by atoms with Crippen molar-refractivity contribution in [3.05, 3.63) is 122 Å². The standard InChI is InChI=1S/C74H128NO8P/c1-6-8-10-12-14-16-18-20-22-24-26-28-30-32-34-35-36-37-38-39-41-43-45-47-49-51-53-55-57-59-61-63-65-67-74(77)83-72(71-82-84(78,79)81-69-68-75(3,4)5)70-80-73(76)66-64-62-60-58-56-54-52-50-48-46-44-42-40-33-31-29-27-25-23-21-19-17-15-13-11-9-7-2/h8,10,14,16,20,22,25-28,32,34,36-37,39,41,45,47,51,53,72H,6-7,9,11-13,15,17-19,21,23-24,29-31,33,35,38,40,42-44,46,48-50,52,54-71H2,1-5H3/b10-8-,16-14-,22-20-,27-25-,28-26-,34-32-,37-36-,41-39-,47-45-,53-51-. The van der Waals surface area contributed by atoms with E-state index in [-0.39, 0.29) is 32.0 Å². The Balaban J connectivity index is 4.16. The number of hydrogen-bond donors (Lipinski definition) is 0. The zero-order valence-corrected chi connectivity index (χ0v) is 55.7. The molecule has 0 aliphatic carbocycles. The molecule has 0 bridgehead atoms. The number of hydrogen-bond acceptors (Lipinski definition) is 8. The van der Waals surface area contributed by atoms with Crippen LogP contribution in [0.15, 0.2) is 122 Å². The molecule has 0 heterocycles. The van der Waals surface area contributed by atoms with Gasteiger partial charge in [0, 0.05) is 12.8 Å². The lowest BCUT2D eigenvalue weighted by Crippen LogP contribution is -2.37. The van der Waals surface area contributed by atoms with Crippen LogP contribution in [0.25, 0.3) is 0 Å². The van der Waals surface area contributed by atoms with Crippen LogP contribution in [0.1, 0.15) is 284 Å². The van der Waals surface area contributed by atoms with Crippen molar-refractivity contribution >= 4 is 19.8 Å². The van der Waals surface area contributed by atoms with Crippen molar-refractivity contribution in [2.24, 2.45) is 0 Å². The summed E-state index contributed by atoms with van der Waals surface area (Å²) in [6.45, 7) is 4.12. The highest BCUT2D eigenvalue weighted by Crippen LogP contribution is 2.38. The molecule has 0 fully saturated rings.